The van der Waals surface area contributed by atoms with Crippen LogP contribution >= 0.6 is 0 Å². The molecule has 1 aliphatic rings. The van der Waals surface area contributed by atoms with E-state index in [9.17, 15) is 35.9 Å². The van der Waals surface area contributed by atoms with E-state index in [0.29, 0.717) is 17.0 Å². The van der Waals surface area contributed by atoms with Gasteiger partial charge in [0.1, 0.15) is 6.04 Å². The number of para-hydroxylation sites is 1. The first-order chi connectivity index (χ1) is 14.9. The van der Waals surface area contributed by atoms with Gasteiger partial charge in [-0.15, -0.1) is 0 Å². The van der Waals surface area contributed by atoms with Gasteiger partial charge in [0.05, 0.1) is 17.7 Å². The molecular formula is C21H15F6N3O2. The Hall–Kier alpha value is -3.50. The fourth-order valence-electron chi connectivity index (χ4n) is 3.68. The molecule has 5 nitrogen and oxygen atoms in total. The number of H-pyrrole nitrogens is 1. The van der Waals surface area contributed by atoms with E-state index < -0.39 is 53.6 Å². The molecule has 1 saturated heterocycles. The number of halogens is 6. The summed E-state index contributed by atoms with van der Waals surface area (Å²) in [5, 5.41) is 3.28. The zero-order chi connectivity index (χ0) is 23.3. The number of benzene rings is 2. The second-order valence-corrected chi connectivity index (χ2v) is 7.40. The summed E-state index contributed by atoms with van der Waals surface area (Å²) in [5.74, 6) is -0.730. The number of amides is 3. The quantitative estimate of drug-likeness (QED) is 0.436. The van der Waals surface area contributed by atoms with Gasteiger partial charge in [-0.25, -0.2) is 4.79 Å². The smallest absolute Gasteiger partial charge is 0.361 e. The SMILES string of the molecule is O=C1N[C@@H](Cc2c[nH]c3ccccc23)C(=O)N1Cc1cc(C(F)(F)F)cc(C(F)(F)F)c1. The number of nitrogens with zero attached hydrogens (tertiary/aromatic N) is 1. The predicted octanol–water partition coefficient (Wildman–Crippen LogP) is 4.87. The molecule has 1 fully saturated rings. The highest BCUT2D eigenvalue weighted by Crippen LogP contribution is 2.36. The molecule has 1 atom stereocenters. The normalized spacial score (nSPS) is 17.3. The molecule has 4 rings (SSSR count). The predicted molar refractivity (Wildman–Crippen MR) is 101 cm³/mol. The van der Waals surface area contributed by atoms with Gasteiger partial charge in [-0.2, -0.15) is 26.3 Å². The van der Waals surface area contributed by atoms with Crippen LogP contribution < -0.4 is 5.32 Å². The Labute approximate surface area is 177 Å². The number of carbonyl (C=O) groups is 2. The minimum Gasteiger partial charge on any atom is -0.361 e. The van der Waals surface area contributed by atoms with Crippen LogP contribution in [0.3, 0.4) is 0 Å². The lowest BCUT2D eigenvalue weighted by Gasteiger charge is -2.17. The van der Waals surface area contributed by atoms with Crippen LogP contribution in [-0.4, -0.2) is 27.9 Å². The highest BCUT2D eigenvalue weighted by atomic mass is 19.4. The van der Waals surface area contributed by atoms with Crippen molar-refractivity contribution in [1.29, 1.82) is 0 Å². The first-order valence-corrected chi connectivity index (χ1v) is 9.39. The molecule has 1 aromatic heterocycles. The van der Waals surface area contributed by atoms with Crippen molar-refractivity contribution in [2.24, 2.45) is 0 Å². The molecule has 2 N–H and O–H groups in total. The molecule has 168 valence electrons. The Balaban J connectivity index is 1.58. The summed E-state index contributed by atoms with van der Waals surface area (Å²) in [5.41, 5.74) is -1.92. The number of nitrogens with one attached hydrogen (secondary N) is 2. The van der Waals surface area contributed by atoms with Gasteiger partial charge in [-0.3, -0.25) is 9.69 Å². The molecule has 0 saturated carbocycles. The van der Waals surface area contributed by atoms with E-state index in [-0.39, 0.29) is 12.5 Å². The topological polar surface area (TPSA) is 65.2 Å². The van der Waals surface area contributed by atoms with Gasteiger partial charge in [-0.05, 0) is 35.4 Å². The highest BCUT2D eigenvalue weighted by molar-refractivity contribution is 6.04. The zero-order valence-corrected chi connectivity index (χ0v) is 16.1. The molecule has 3 aromatic rings. The van der Waals surface area contributed by atoms with Gasteiger partial charge < -0.3 is 10.3 Å². The van der Waals surface area contributed by atoms with E-state index in [2.05, 4.69) is 10.3 Å². The second-order valence-electron chi connectivity index (χ2n) is 7.40. The fourth-order valence-corrected chi connectivity index (χ4v) is 3.68. The number of rotatable bonds is 4. The lowest BCUT2D eigenvalue weighted by atomic mass is 10.0. The van der Waals surface area contributed by atoms with Gasteiger partial charge in [0.25, 0.3) is 5.91 Å². The fraction of sp³-hybridized carbons (Fsp3) is 0.238. The first-order valence-electron chi connectivity index (χ1n) is 9.39. The number of imide groups is 1. The summed E-state index contributed by atoms with van der Waals surface area (Å²) in [6.45, 7) is -0.720. The standard InChI is InChI=1S/C21H15F6N3O2/c22-20(23,24)13-5-11(6-14(8-13)21(25,26)27)10-30-18(31)17(29-19(30)32)7-12-9-28-16-4-2-1-3-15(12)16/h1-6,8-9,17,28H,7,10H2,(H,29,32)/t17-/m0/s1. The van der Waals surface area contributed by atoms with Crippen LogP contribution in [0.2, 0.25) is 0 Å². The molecular weight excluding hydrogens is 440 g/mol. The van der Waals surface area contributed by atoms with Crippen molar-refractivity contribution in [2.45, 2.75) is 31.4 Å². The summed E-state index contributed by atoms with van der Waals surface area (Å²) in [6.07, 6.45) is -8.26. The lowest BCUT2D eigenvalue weighted by molar-refractivity contribution is -0.143. The maximum Gasteiger partial charge on any atom is 0.416 e. The van der Waals surface area contributed by atoms with Crippen molar-refractivity contribution >= 4 is 22.8 Å². The first kappa shape index (κ1) is 21.7. The number of carbonyl (C=O) groups excluding carboxylic acids is 2. The Morgan fingerprint density at radius 2 is 1.53 bits per heavy atom. The Bertz CT molecular complexity index is 1170. The average Bonchev–Trinajstić information content (AvgIpc) is 3.23. The molecule has 0 spiro atoms. The summed E-state index contributed by atoms with van der Waals surface area (Å²) < 4.78 is 78.4. The number of hydrogen-bond donors (Lipinski definition) is 2. The number of alkyl halides is 6. The monoisotopic (exact) mass is 455 g/mol. The Morgan fingerprint density at radius 3 is 2.16 bits per heavy atom. The van der Waals surface area contributed by atoms with E-state index in [1.807, 2.05) is 18.2 Å². The minimum atomic E-state index is -5.02. The van der Waals surface area contributed by atoms with Gasteiger partial charge in [-0.1, -0.05) is 18.2 Å². The van der Waals surface area contributed by atoms with E-state index in [4.69, 9.17) is 0 Å². The Kier molecular flexibility index (Phi) is 5.14. The number of aromatic amines is 1. The van der Waals surface area contributed by atoms with Crippen LogP contribution in [0.25, 0.3) is 10.9 Å². The maximum absolute atomic E-state index is 13.1. The van der Waals surface area contributed by atoms with E-state index in [1.165, 1.54) is 0 Å². The third kappa shape index (κ3) is 4.14. The third-order valence-corrected chi connectivity index (χ3v) is 5.19. The van der Waals surface area contributed by atoms with E-state index in [0.717, 1.165) is 16.5 Å². The van der Waals surface area contributed by atoms with Crippen molar-refractivity contribution in [3.8, 4) is 0 Å². The van der Waals surface area contributed by atoms with Crippen LogP contribution in [0.15, 0.2) is 48.7 Å². The zero-order valence-electron chi connectivity index (χ0n) is 16.1. The molecule has 1 aliphatic heterocycles. The molecule has 2 aromatic carbocycles. The number of aromatic nitrogens is 1. The second kappa shape index (κ2) is 7.57. The van der Waals surface area contributed by atoms with Crippen LogP contribution in [0, 0.1) is 0 Å². The summed E-state index contributed by atoms with van der Waals surface area (Å²) in [7, 11) is 0. The van der Waals surface area contributed by atoms with Crippen LogP contribution in [0.1, 0.15) is 22.3 Å². The third-order valence-electron chi connectivity index (χ3n) is 5.19. The van der Waals surface area contributed by atoms with E-state index in [1.54, 1.807) is 12.3 Å². The molecule has 11 heteroatoms. The van der Waals surface area contributed by atoms with Crippen molar-refractivity contribution in [1.82, 2.24) is 15.2 Å². The Morgan fingerprint density at radius 1 is 0.906 bits per heavy atom. The van der Waals surface area contributed by atoms with Crippen LogP contribution in [0.4, 0.5) is 31.1 Å². The van der Waals surface area contributed by atoms with Crippen molar-refractivity contribution < 1.29 is 35.9 Å². The maximum atomic E-state index is 13.1. The summed E-state index contributed by atoms with van der Waals surface area (Å²) >= 11 is 0. The molecule has 0 radical (unpaired) electrons. The van der Waals surface area contributed by atoms with Crippen molar-refractivity contribution in [2.75, 3.05) is 0 Å². The van der Waals surface area contributed by atoms with Gasteiger partial charge >= 0.3 is 18.4 Å². The molecule has 32 heavy (non-hydrogen) atoms. The largest absolute Gasteiger partial charge is 0.416 e. The number of hydrogen-bond acceptors (Lipinski definition) is 2. The van der Waals surface area contributed by atoms with Gasteiger partial charge in [0.15, 0.2) is 0 Å². The molecule has 0 bridgehead atoms. The van der Waals surface area contributed by atoms with Gasteiger partial charge in [0, 0.05) is 23.5 Å². The van der Waals surface area contributed by atoms with Crippen LogP contribution in [-0.2, 0) is 30.1 Å². The van der Waals surface area contributed by atoms with Gasteiger partial charge in [0.2, 0.25) is 0 Å². The molecule has 3 amide bonds. The molecule has 0 unspecified atom stereocenters. The average molecular weight is 455 g/mol. The lowest BCUT2D eigenvalue weighted by Crippen LogP contribution is -2.32. The van der Waals surface area contributed by atoms with E-state index >= 15 is 0 Å². The number of urea groups is 1. The van der Waals surface area contributed by atoms with Crippen molar-refractivity contribution in [3.63, 3.8) is 0 Å². The number of fused-ring (bicyclic) bond motifs is 1. The highest BCUT2D eigenvalue weighted by Gasteiger charge is 2.40. The molecule has 0 aliphatic carbocycles. The summed E-state index contributed by atoms with van der Waals surface area (Å²) in [6, 6.07) is 6.39. The molecule has 2 heterocycles. The van der Waals surface area contributed by atoms with Crippen LogP contribution in [0.5, 0.6) is 0 Å². The summed E-state index contributed by atoms with van der Waals surface area (Å²) in [4.78, 5) is 28.7. The minimum absolute atomic E-state index is 0.00477. The van der Waals surface area contributed by atoms with Crippen molar-refractivity contribution in [3.05, 3.63) is 70.9 Å².